The standard InChI is InChI=1S/C17H19N3O/c1-2-14-18-15-12-8-4-5-9-13(12)21-16(15)17(19-14)20-10-6-3-7-11-20/h4-5,8-9H,2-3,6-7,10-11H2,1H3/p+1. The van der Waals surface area contributed by atoms with E-state index in [1.807, 2.05) is 18.2 Å². The molecular formula is C17H20N3O+. The first-order valence-electron chi connectivity index (χ1n) is 7.90. The van der Waals surface area contributed by atoms with Crippen molar-refractivity contribution in [3.05, 3.63) is 30.1 Å². The van der Waals surface area contributed by atoms with Gasteiger partial charge in [0.05, 0.1) is 13.1 Å². The number of nitrogens with one attached hydrogen (secondary N) is 1. The molecule has 3 aromatic rings. The van der Waals surface area contributed by atoms with Crippen molar-refractivity contribution in [3.63, 3.8) is 0 Å². The Hall–Kier alpha value is -1.94. The summed E-state index contributed by atoms with van der Waals surface area (Å²) in [5, 5.41) is 1.10. The summed E-state index contributed by atoms with van der Waals surface area (Å²) >= 11 is 0. The normalized spacial score (nSPS) is 16.8. The fourth-order valence-electron chi connectivity index (χ4n) is 3.25. The van der Waals surface area contributed by atoms with Gasteiger partial charge in [-0.2, -0.15) is 4.98 Å². The quantitative estimate of drug-likeness (QED) is 0.786. The van der Waals surface area contributed by atoms with Gasteiger partial charge >= 0.3 is 0 Å². The van der Waals surface area contributed by atoms with Crippen LogP contribution in [0.4, 0.5) is 5.82 Å². The zero-order valence-electron chi connectivity index (χ0n) is 12.4. The SMILES string of the molecule is CCc1nc([NH+]2CCCCC2)c2oc3ccccc3c2n1. The van der Waals surface area contributed by atoms with Gasteiger partial charge in [0.25, 0.3) is 5.82 Å². The number of nitrogens with zero attached hydrogens (tertiary/aromatic N) is 2. The molecule has 1 aliphatic rings. The first kappa shape index (κ1) is 12.8. The largest absolute Gasteiger partial charge is 0.446 e. The Kier molecular flexibility index (Phi) is 3.11. The fourth-order valence-corrected chi connectivity index (χ4v) is 3.25. The summed E-state index contributed by atoms with van der Waals surface area (Å²) in [6.07, 6.45) is 4.72. The molecule has 4 nitrogen and oxygen atoms in total. The first-order chi connectivity index (χ1) is 10.4. The average molecular weight is 282 g/mol. The minimum Gasteiger partial charge on any atom is -0.446 e. The van der Waals surface area contributed by atoms with Crippen LogP contribution in [0.25, 0.3) is 22.1 Å². The van der Waals surface area contributed by atoms with Crippen molar-refractivity contribution < 1.29 is 9.32 Å². The molecule has 21 heavy (non-hydrogen) atoms. The maximum Gasteiger partial charge on any atom is 0.273 e. The Balaban J connectivity index is 1.99. The average Bonchev–Trinajstić information content (AvgIpc) is 2.93. The van der Waals surface area contributed by atoms with Gasteiger partial charge in [-0.05, 0) is 31.4 Å². The topological polar surface area (TPSA) is 43.4 Å². The number of hydrogen-bond acceptors (Lipinski definition) is 3. The monoisotopic (exact) mass is 282 g/mol. The highest BCUT2D eigenvalue weighted by atomic mass is 16.3. The van der Waals surface area contributed by atoms with Crippen LogP contribution in [-0.2, 0) is 6.42 Å². The maximum atomic E-state index is 6.09. The van der Waals surface area contributed by atoms with Gasteiger partial charge in [-0.3, -0.25) is 4.90 Å². The number of furan rings is 1. The second-order valence-corrected chi connectivity index (χ2v) is 5.78. The molecule has 3 heterocycles. The Bertz CT molecular complexity index is 787. The van der Waals surface area contributed by atoms with Gasteiger partial charge in [-0.15, -0.1) is 0 Å². The van der Waals surface area contributed by atoms with Crippen LogP contribution in [0.5, 0.6) is 0 Å². The number of rotatable bonds is 2. The Morgan fingerprint density at radius 1 is 1.10 bits per heavy atom. The summed E-state index contributed by atoms with van der Waals surface area (Å²) in [5.74, 6) is 1.98. The molecule has 0 aliphatic carbocycles. The number of para-hydroxylation sites is 1. The molecule has 1 aliphatic heterocycles. The number of quaternary nitrogens is 1. The molecule has 0 amide bonds. The Morgan fingerprint density at radius 2 is 1.90 bits per heavy atom. The zero-order chi connectivity index (χ0) is 14.2. The molecule has 0 bridgehead atoms. The second-order valence-electron chi connectivity index (χ2n) is 5.78. The van der Waals surface area contributed by atoms with Gasteiger partial charge < -0.3 is 4.42 Å². The van der Waals surface area contributed by atoms with Crippen molar-refractivity contribution in [3.8, 4) is 0 Å². The second kappa shape index (κ2) is 5.11. The smallest absolute Gasteiger partial charge is 0.273 e. The van der Waals surface area contributed by atoms with E-state index in [0.717, 1.165) is 53.2 Å². The molecule has 0 spiro atoms. The summed E-state index contributed by atoms with van der Waals surface area (Å²) in [5.41, 5.74) is 2.77. The zero-order valence-corrected chi connectivity index (χ0v) is 12.4. The minimum absolute atomic E-state index is 0.857. The summed E-state index contributed by atoms with van der Waals surface area (Å²) in [4.78, 5) is 11.0. The number of hydrogen-bond donors (Lipinski definition) is 1. The lowest BCUT2D eigenvalue weighted by atomic mass is 10.1. The van der Waals surface area contributed by atoms with Gasteiger partial charge in [0.1, 0.15) is 16.9 Å². The summed E-state index contributed by atoms with van der Waals surface area (Å²) < 4.78 is 6.09. The van der Waals surface area contributed by atoms with E-state index in [-0.39, 0.29) is 0 Å². The van der Waals surface area contributed by atoms with Gasteiger partial charge in [0, 0.05) is 11.8 Å². The number of aromatic nitrogens is 2. The van der Waals surface area contributed by atoms with E-state index in [4.69, 9.17) is 14.4 Å². The molecular weight excluding hydrogens is 262 g/mol. The third-order valence-corrected chi connectivity index (χ3v) is 4.37. The van der Waals surface area contributed by atoms with Crippen LogP contribution in [-0.4, -0.2) is 23.1 Å². The molecule has 2 aromatic heterocycles. The van der Waals surface area contributed by atoms with E-state index in [2.05, 4.69) is 13.0 Å². The van der Waals surface area contributed by atoms with Crippen molar-refractivity contribution in [2.75, 3.05) is 13.1 Å². The highest BCUT2D eigenvalue weighted by Crippen LogP contribution is 2.30. The van der Waals surface area contributed by atoms with E-state index in [0.29, 0.717) is 0 Å². The maximum absolute atomic E-state index is 6.09. The minimum atomic E-state index is 0.857. The lowest BCUT2D eigenvalue weighted by Crippen LogP contribution is -3.08. The number of benzene rings is 1. The van der Waals surface area contributed by atoms with Crippen LogP contribution in [0.1, 0.15) is 32.0 Å². The molecule has 0 atom stereocenters. The van der Waals surface area contributed by atoms with E-state index in [1.165, 1.54) is 24.2 Å². The molecule has 4 heteroatoms. The Morgan fingerprint density at radius 3 is 2.71 bits per heavy atom. The first-order valence-corrected chi connectivity index (χ1v) is 7.90. The molecule has 0 radical (unpaired) electrons. The van der Waals surface area contributed by atoms with E-state index in [1.54, 1.807) is 0 Å². The van der Waals surface area contributed by atoms with Crippen LogP contribution in [0.15, 0.2) is 28.7 Å². The predicted octanol–water partition coefficient (Wildman–Crippen LogP) is 2.64. The third-order valence-electron chi connectivity index (χ3n) is 4.37. The fraction of sp³-hybridized carbons (Fsp3) is 0.412. The van der Waals surface area contributed by atoms with Gasteiger partial charge in [-0.25, -0.2) is 4.98 Å². The number of aryl methyl sites for hydroxylation is 1. The molecule has 0 saturated carbocycles. The van der Waals surface area contributed by atoms with E-state index >= 15 is 0 Å². The van der Waals surface area contributed by atoms with Crippen molar-refractivity contribution >= 4 is 27.9 Å². The van der Waals surface area contributed by atoms with E-state index < -0.39 is 0 Å². The lowest BCUT2D eigenvalue weighted by molar-refractivity contribution is -0.840. The third kappa shape index (κ3) is 2.10. The lowest BCUT2D eigenvalue weighted by Gasteiger charge is -2.22. The van der Waals surface area contributed by atoms with Crippen molar-refractivity contribution in [1.29, 1.82) is 0 Å². The highest BCUT2D eigenvalue weighted by Gasteiger charge is 2.25. The molecule has 108 valence electrons. The van der Waals surface area contributed by atoms with Crippen molar-refractivity contribution in [1.82, 2.24) is 9.97 Å². The van der Waals surface area contributed by atoms with Crippen molar-refractivity contribution in [2.24, 2.45) is 0 Å². The van der Waals surface area contributed by atoms with Gasteiger partial charge in [0.2, 0.25) is 5.58 Å². The van der Waals surface area contributed by atoms with Crippen molar-refractivity contribution in [2.45, 2.75) is 32.6 Å². The summed E-state index contributed by atoms with van der Waals surface area (Å²) in [6.45, 7) is 4.40. The molecule has 0 unspecified atom stereocenters. The highest BCUT2D eigenvalue weighted by molar-refractivity contribution is 6.04. The van der Waals surface area contributed by atoms with Crippen LogP contribution in [0, 0.1) is 0 Å². The van der Waals surface area contributed by atoms with E-state index in [9.17, 15) is 0 Å². The molecule has 1 N–H and O–H groups in total. The van der Waals surface area contributed by atoms with Crippen LogP contribution >= 0.6 is 0 Å². The van der Waals surface area contributed by atoms with Crippen LogP contribution in [0.3, 0.4) is 0 Å². The summed E-state index contributed by atoms with van der Waals surface area (Å²) in [7, 11) is 0. The van der Waals surface area contributed by atoms with Crippen LogP contribution in [0.2, 0.25) is 0 Å². The molecule has 1 aromatic carbocycles. The number of piperidine rings is 1. The molecule has 4 rings (SSSR count). The van der Waals surface area contributed by atoms with Gasteiger partial charge in [0.15, 0.2) is 0 Å². The summed E-state index contributed by atoms with van der Waals surface area (Å²) in [6, 6.07) is 8.14. The number of fused-ring (bicyclic) bond motifs is 3. The Labute approximate surface area is 123 Å². The van der Waals surface area contributed by atoms with Crippen LogP contribution < -0.4 is 4.90 Å². The molecule has 1 saturated heterocycles. The predicted molar refractivity (Wildman–Crippen MR) is 82.9 cm³/mol. The van der Waals surface area contributed by atoms with Gasteiger partial charge in [-0.1, -0.05) is 19.1 Å². The molecule has 1 fully saturated rings.